The van der Waals surface area contributed by atoms with Crippen LogP contribution in [-0.4, -0.2) is 96.5 Å². The number of hydrogen-bond acceptors (Lipinski definition) is 10. The van der Waals surface area contributed by atoms with Gasteiger partial charge in [0.2, 0.25) is 0 Å². The molecule has 42 heavy (non-hydrogen) atoms. The van der Waals surface area contributed by atoms with E-state index in [0.717, 1.165) is 23.7 Å². The van der Waals surface area contributed by atoms with Crippen LogP contribution in [0.2, 0.25) is 0 Å². The van der Waals surface area contributed by atoms with Crippen molar-refractivity contribution in [1.82, 2.24) is 25.1 Å². The number of amides is 1. The predicted octanol–water partition coefficient (Wildman–Crippen LogP) is 2.04. The number of likely N-dealkylation sites (tertiary alicyclic amines) is 1. The number of carboxylic acid groups (broad SMARTS) is 1. The molecule has 2 aromatic heterocycles. The van der Waals surface area contributed by atoms with Gasteiger partial charge in [0.15, 0.2) is 23.6 Å². The second-order valence-corrected chi connectivity index (χ2v) is 10.3. The highest BCUT2D eigenvalue weighted by Gasteiger charge is 2.49. The number of hydrogen-bond donors (Lipinski definition) is 3. The second-order valence-electron chi connectivity index (χ2n) is 10.3. The first-order valence-electron chi connectivity index (χ1n) is 13.2. The summed E-state index contributed by atoms with van der Waals surface area (Å²) >= 11 is 0. The Balaban J connectivity index is 1.40. The number of aromatic nitrogens is 4. The van der Waals surface area contributed by atoms with Crippen molar-refractivity contribution in [2.24, 2.45) is 0 Å². The quantitative estimate of drug-likeness (QED) is 0.269. The Morgan fingerprint density at radius 3 is 2.43 bits per heavy atom. The molecule has 13 nitrogen and oxygen atoms in total. The van der Waals surface area contributed by atoms with Crippen LogP contribution in [0.3, 0.4) is 0 Å². The van der Waals surface area contributed by atoms with Gasteiger partial charge in [-0.1, -0.05) is 10.4 Å². The second kappa shape index (κ2) is 12.1. The highest BCUT2D eigenvalue weighted by molar-refractivity contribution is 5.66. The molecule has 0 radical (unpaired) electrons. The van der Waals surface area contributed by atoms with Crippen LogP contribution in [-0.2, 0) is 20.7 Å². The monoisotopic (exact) mass is 595 g/mol. The third-order valence-electron chi connectivity index (χ3n) is 7.52. The number of nitrogens with zero attached hydrogens (tertiary/aromatic N) is 5. The van der Waals surface area contributed by atoms with E-state index >= 15 is 0 Å². The molecule has 226 valence electrons. The lowest BCUT2D eigenvalue weighted by molar-refractivity contribution is -0.217. The molecule has 0 saturated carbocycles. The topological polar surface area (TPSA) is 173 Å². The largest absolute Gasteiger partial charge is 0.465 e. The van der Waals surface area contributed by atoms with Crippen molar-refractivity contribution >= 4 is 12.1 Å². The number of carbonyl (C=O) groups is 2. The molecule has 5 rings (SSSR count). The van der Waals surface area contributed by atoms with E-state index in [2.05, 4.69) is 15.5 Å². The summed E-state index contributed by atoms with van der Waals surface area (Å²) in [4.78, 5) is 24.6. The highest BCUT2D eigenvalue weighted by atomic mass is 19.2. The Morgan fingerprint density at radius 2 is 1.81 bits per heavy atom. The van der Waals surface area contributed by atoms with Gasteiger partial charge in [0.25, 0.3) is 0 Å². The molecular weight excluding hydrogens is 567 g/mol. The maximum absolute atomic E-state index is 13.8. The van der Waals surface area contributed by atoms with Crippen molar-refractivity contribution in [3.05, 3.63) is 53.3 Å². The number of esters is 1. The number of carbonyl (C=O) groups excluding carboxylic acids is 1. The van der Waals surface area contributed by atoms with E-state index in [1.165, 1.54) is 11.1 Å². The molecule has 2 aliphatic heterocycles. The standard InChI is InChI=1S/C26H28F3N5O8/c1-12(36)40-25-20(9-15-8-19(42-31-15)13-2-4-33(5-3-13)26(38)39)41-21(11-35)24(37)23(25)34-10-18(30-32-34)14-6-16(27)22(29)17(28)7-14/h6-8,10,13,20-21,23-25,35,37H,2-5,9,11H2,1H3,(H,38,39)/t20-,21-,23+,24+,25+/m1/s1. The lowest BCUT2D eigenvalue weighted by atomic mass is 9.89. The van der Waals surface area contributed by atoms with E-state index in [1.807, 2.05) is 0 Å². The Kier molecular flexibility index (Phi) is 8.47. The Morgan fingerprint density at radius 1 is 1.12 bits per heavy atom. The average Bonchev–Trinajstić information content (AvgIpc) is 3.63. The molecule has 16 heteroatoms. The number of piperidine rings is 1. The summed E-state index contributed by atoms with van der Waals surface area (Å²) < 4.78 is 59.2. The zero-order valence-corrected chi connectivity index (χ0v) is 22.3. The average molecular weight is 596 g/mol. The highest BCUT2D eigenvalue weighted by Crippen LogP contribution is 2.35. The summed E-state index contributed by atoms with van der Waals surface area (Å²) in [6.45, 7) is 1.26. The van der Waals surface area contributed by atoms with Crippen LogP contribution in [0.25, 0.3) is 11.3 Å². The van der Waals surface area contributed by atoms with Crippen LogP contribution in [0.4, 0.5) is 18.0 Å². The van der Waals surface area contributed by atoms with Crippen LogP contribution >= 0.6 is 0 Å². The van der Waals surface area contributed by atoms with Crippen LogP contribution in [0.15, 0.2) is 28.9 Å². The molecule has 2 aliphatic rings. The number of rotatable bonds is 7. The van der Waals surface area contributed by atoms with E-state index in [1.54, 1.807) is 6.07 Å². The summed E-state index contributed by atoms with van der Waals surface area (Å²) in [5, 5.41) is 42.1. The molecule has 4 heterocycles. The molecule has 2 saturated heterocycles. The van der Waals surface area contributed by atoms with Crippen LogP contribution in [0.1, 0.15) is 43.2 Å². The summed E-state index contributed by atoms with van der Waals surface area (Å²) in [5.41, 5.74) is 0.249. The van der Waals surface area contributed by atoms with Crippen LogP contribution < -0.4 is 0 Å². The van der Waals surface area contributed by atoms with Crippen LogP contribution in [0, 0.1) is 17.5 Å². The van der Waals surface area contributed by atoms with Gasteiger partial charge >= 0.3 is 12.1 Å². The third kappa shape index (κ3) is 5.96. The summed E-state index contributed by atoms with van der Waals surface area (Å²) in [6, 6.07) is 2.02. The summed E-state index contributed by atoms with van der Waals surface area (Å²) in [5.74, 6) is -4.69. The number of ether oxygens (including phenoxy) is 2. The van der Waals surface area contributed by atoms with Gasteiger partial charge in [-0.2, -0.15) is 0 Å². The number of halogens is 3. The molecule has 3 aromatic rings. The lowest BCUT2D eigenvalue weighted by Crippen LogP contribution is -2.57. The maximum atomic E-state index is 13.8. The summed E-state index contributed by atoms with van der Waals surface area (Å²) in [6.07, 6.45) is -3.36. The van der Waals surface area contributed by atoms with Gasteiger partial charge in [-0.3, -0.25) is 4.79 Å². The van der Waals surface area contributed by atoms with E-state index in [0.29, 0.717) is 37.4 Å². The van der Waals surface area contributed by atoms with Crippen molar-refractivity contribution in [3.63, 3.8) is 0 Å². The van der Waals surface area contributed by atoms with Crippen molar-refractivity contribution in [3.8, 4) is 11.3 Å². The molecule has 5 atom stereocenters. The molecule has 0 unspecified atom stereocenters. The fourth-order valence-electron chi connectivity index (χ4n) is 5.41. The molecule has 0 spiro atoms. The van der Waals surface area contributed by atoms with Gasteiger partial charge in [0.05, 0.1) is 18.5 Å². The minimum Gasteiger partial charge on any atom is -0.465 e. The van der Waals surface area contributed by atoms with Gasteiger partial charge in [-0.25, -0.2) is 22.6 Å². The van der Waals surface area contributed by atoms with Crippen molar-refractivity contribution in [2.45, 2.75) is 62.6 Å². The Hall–Kier alpha value is -4.02. The van der Waals surface area contributed by atoms with E-state index in [-0.39, 0.29) is 23.6 Å². The first kappa shape index (κ1) is 29.5. The van der Waals surface area contributed by atoms with Gasteiger partial charge in [0, 0.05) is 44.0 Å². The first-order chi connectivity index (χ1) is 20.0. The minimum atomic E-state index is -1.64. The SMILES string of the molecule is CC(=O)O[C@@H]1[C@@H](n2cc(-c3cc(F)c(F)c(F)c3)nn2)[C@@H](O)[C@@H](CO)O[C@@H]1Cc1cc(C2CCN(C(=O)O)CC2)on1. The van der Waals surface area contributed by atoms with Crippen molar-refractivity contribution in [1.29, 1.82) is 0 Å². The minimum absolute atomic E-state index is 0.0328. The van der Waals surface area contributed by atoms with E-state index in [9.17, 15) is 38.1 Å². The third-order valence-corrected chi connectivity index (χ3v) is 7.52. The van der Waals surface area contributed by atoms with Crippen molar-refractivity contribution < 1.29 is 52.1 Å². The fourth-order valence-corrected chi connectivity index (χ4v) is 5.41. The van der Waals surface area contributed by atoms with E-state index < -0.39 is 66.6 Å². The lowest BCUT2D eigenvalue weighted by Gasteiger charge is -2.43. The van der Waals surface area contributed by atoms with Gasteiger partial charge in [-0.05, 0) is 25.0 Å². The zero-order chi connectivity index (χ0) is 30.1. The Labute approximate surface area is 236 Å². The molecule has 1 amide bonds. The normalized spacial score (nSPS) is 25.0. The summed E-state index contributed by atoms with van der Waals surface area (Å²) in [7, 11) is 0. The Bertz CT molecular complexity index is 1420. The fraction of sp³-hybridized carbons (Fsp3) is 0.500. The van der Waals surface area contributed by atoms with Crippen molar-refractivity contribution in [2.75, 3.05) is 19.7 Å². The van der Waals surface area contributed by atoms with Gasteiger partial charge in [-0.15, -0.1) is 5.10 Å². The smallest absolute Gasteiger partial charge is 0.407 e. The molecule has 3 N–H and O–H groups in total. The van der Waals surface area contributed by atoms with E-state index in [4.69, 9.17) is 14.0 Å². The zero-order valence-electron chi connectivity index (χ0n) is 22.3. The first-order valence-corrected chi connectivity index (χ1v) is 13.2. The number of aliphatic hydroxyl groups is 2. The number of aliphatic hydroxyl groups excluding tert-OH is 2. The number of benzene rings is 1. The van der Waals surface area contributed by atoms with Crippen LogP contribution in [0.5, 0.6) is 0 Å². The maximum Gasteiger partial charge on any atom is 0.407 e. The molecular formula is C26H28F3N5O8. The molecule has 0 bridgehead atoms. The van der Waals surface area contributed by atoms with Gasteiger partial charge in [0.1, 0.15) is 35.8 Å². The predicted molar refractivity (Wildman–Crippen MR) is 133 cm³/mol. The molecule has 0 aliphatic carbocycles. The molecule has 1 aromatic carbocycles. The van der Waals surface area contributed by atoms with Gasteiger partial charge < -0.3 is 34.2 Å². The molecule has 2 fully saturated rings.